The number of carbonyl (C=O) groups is 1. The number of rotatable bonds is 5. The van der Waals surface area contributed by atoms with Gasteiger partial charge in [0.15, 0.2) is 5.16 Å². The van der Waals surface area contributed by atoms with E-state index in [2.05, 4.69) is 24.9 Å². The quantitative estimate of drug-likeness (QED) is 0.361. The maximum Gasteiger partial charge on any atom is 0.271 e. The Labute approximate surface area is 172 Å². The van der Waals surface area contributed by atoms with Crippen molar-refractivity contribution >= 4 is 29.0 Å². The number of carbonyl (C=O) groups excluding carboxylic acids is 1. The summed E-state index contributed by atoms with van der Waals surface area (Å²) in [5, 5.41) is 11.8. The van der Waals surface area contributed by atoms with Gasteiger partial charge in [-0.05, 0) is 43.0 Å². The fourth-order valence-electron chi connectivity index (χ4n) is 3.52. The summed E-state index contributed by atoms with van der Waals surface area (Å²) in [6.07, 6.45) is 4.33. The van der Waals surface area contributed by atoms with Crippen LogP contribution in [0, 0.1) is 24.0 Å². The molecule has 0 spiro atoms. The molecule has 0 aliphatic carbocycles. The SMILES string of the molecule is Cc1cccc(-n2ccnc2SCC(=O)N2CCc3ccc([N+](=O)[O-])cc32)c1C. The zero-order valence-electron chi connectivity index (χ0n) is 16.2. The highest BCUT2D eigenvalue weighted by molar-refractivity contribution is 7.99. The van der Waals surface area contributed by atoms with Gasteiger partial charge in [-0.25, -0.2) is 4.98 Å². The Kier molecular flexibility index (Phi) is 5.10. The Balaban J connectivity index is 1.52. The number of anilines is 1. The third-order valence-corrected chi connectivity index (χ3v) is 6.20. The van der Waals surface area contributed by atoms with Crippen LogP contribution in [-0.4, -0.2) is 32.7 Å². The molecule has 1 aromatic heterocycles. The molecule has 7 nitrogen and oxygen atoms in total. The highest BCUT2D eigenvalue weighted by atomic mass is 32.2. The molecule has 0 bridgehead atoms. The number of hydrogen-bond donors (Lipinski definition) is 0. The highest BCUT2D eigenvalue weighted by Crippen LogP contribution is 2.33. The molecular formula is C21H20N4O3S. The summed E-state index contributed by atoms with van der Waals surface area (Å²) in [4.78, 5) is 29.5. The average Bonchev–Trinajstić information content (AvgIpc) is 3.34. The Morgan fingerprint density at radius 3 is 2.86 bits per heavy atom. The molecule has 29 heavy (non-hydrogen) atoms. The van der Waals surface area contributed by atoms with Crippen LogP contribution in [0.2, 0.25) is 0 Å². The van der Waals surface area contributed by atoms with Crippen molar-refractivity contribution in [3.8, 4) is 5.69 Å². The molecule has 0 radical (unpaired) electrons. The van der Waals surface area contributed by atoms with Crippen molar-refractivity contribution in [3.05, 3.63) is 75.6 Å². The van der Waals surface area contributed by atoms with Crippen molar-refractivity contribution in [2.45, 2.75) is 25.4 Å². The minimum atomic E-state index is -0.434. The number of thioether (sulfide) groups is 1. The van der Waals surface area contributed by atoms with Crippen molar-refractivity contribution in [3.63, 3.8) is 0 Å². The number of hydrogen-bond acceptors (Lipinski definition) is 5. The van der Waals surface area contributed by atoms with E-state index >= 15 is 0 Å². The number of nitrogens with zero attached hydrogens (tertiary/aromatic N) is 4. The van der Waals surface area contributed by atoms with E-state index in [0.29, 0.717) is 18.7 Å². The highest BCUT2D eigenvalue weighted by Gasteiger charge is 2.27. The number of aromatic nitrogens is 2. The van der Waals surface area contributed by atoms with Gasteiger partial charge >= 0.3 is 0 Å². The van der Waals surface area contributed by atoms with Crippen LogP contribution in [0.3, 0.4) is 0 Å². The Hall–Kier alpha value is -3.13. The Morgan fingerprint density at radius 2 is 2.07 bits per heavy atom. The molecule has 1 aliphatic rings. The first-order valence-corrected chi connectivity index (χ1v) is 10.2. The van der Waals surface area contributed by atoms with E-state index < -0.39 is 4.92 Å². The molecule has 0 atom stereocenters. The third-order valence-electron chi connectivity index (χ3n) is 5.24. The van der Waals surface area contributed by atoms with Crippen LogP contribution in [0.5, 0.6) is 0 Å². The second-order valence-electron chi connectivity index (χ2n) is 6.95. The number of benzene rings is 2. The van der Waals surface area contributed by atoms with Gasteiger partial charge in [0.1, 0.15) is 0 Å². The topological polar surface area (TPSA) is 81.3 Å². The van der Waals surface area contributed by atoms with E-state index in [9.17, 15) is 14.9 Å². The number of fused-ring (bicyclic) bond motifs is 1. The normalized spacial score (nSPS) is 12.8. The summed E-state index contributed by atoms with van der Waals surface area (Å²) >= 11 is 1.37. The van der Waals surface area contributed by atoms with Gasteiger partial charge in [-0.15, -0.1) is 0 Å². The molecule has 0 fully saturated rings. The van der Waals surface area contributed by atoms with E-state index in [1.54, 1.807) is 17.2 Å². The molecule has 1 amide bonds. The molecule has 148 valence electrons. The zero-order chi connectivity index (χ0) is 20.5. The minimum Gasteiger partial charge on any atom is -0.311 e. The van der Waals surface area contributed by atoms with Crippen molar-refractivity contribution < 1.29 is 9.72 Å². The van der Waals surface area contributed by atoms with Crippen LogP contribution in [0.4, 0.5) is 11.4 Å². The molecule has 0 unspecified atom stereocenters. The van der Waals surface area contributed by atoms with Gasteiger partial charge in [0, 0.05) is 31.1 Å². The second-order valence-corrected chi connectivity index (χ2v) is 7.90. The molecule has 3 aromatic rings. The average molecular weight is 408 g/mol. The number of nitro benzene ring substituents is 1. The zero-order valence-corrected chi connectivity index (χ0v) is 17.0. The molecule has 2 heterocycles. The molecular weight excluding hydrogens is 388 g/mol. The van der Waals surface area contributed by atoms with Crippen molar-refractivity contribution in [1.82, 2.24) is 9.55 Å². The van der Waals surface area contributed by atoms with Gasteiger partial charge < -0.3 is 4.90 Å². The van der Waals surface area contributed by atoms with Crippen LogP contribution < -0.4 is 4.90 Å². The van der Waals surface area contributed by atoms with Gasteiger partial charge in [-0.1, -0.05) is 30.0 Å². The number of nitro groups is 1. The molecule has 0 saturated carbocycles. The number of imidazole rings is 1. The van der Waals surface area contributed by atoms with E-state index in [1.807, 2.05) is 22.9 Å². The predicted molar refractivity (Wildman–Crippen MR) is 113 cm³/mol. The van der Waals surface area contributed by atoms with Gasteiger partial charge in [-0.2, -0.15) is 0 Å². The van der Waals surface area contributed by atoms with Gasteiger partial charge in [-0.3, -0.25) is 19.5 Å². The molecule has 2 aromatic carbocycles. The van der Waals surface area contributed by atoms with E-state index in [0.717, 1.165) is 16.4 Å². The minimum absolute atomic E-state index is 0.00145. The number of aryl methyl sites for hydroxylation is 1. The summed E-state index contributed by atoms with van der Waals surface area (Å²) in [7, 11) is 0. The lowest BCUT2D eigenvalue weighted by atomic mass is 10.1. The van der Waals surface area contributed by atoms with E-state index in [4.69, 9.17) is 0 Å². The lowest BCUT2D eigenvalue weighted by molar-refractivity contribution is -0.384. The summed E-state index contributed by atoms with van der Waals surface area (Å²) in [5.41, 5.74) is 5.01. The number of non-ortho nitro benzene ring substituents is 1. The molecule has 0 saturated heterocycles. The standard InChI is InChI=1S/C21H20N4O3S/c1-14-4-3-5-18(15(14)2)24-11-9-22-21(24)29-13-20(26)23-10-8-16-6-7-17(25(27)28)12-19(16)23/h3-7,9,11-12H,8,10,13H2,1-2H3. The third kappa shape index (κ3) is 3.63. The van der Waals surface area contributed by atoms with Crippen LogP contribution in [0.15, 0.2) is 53.9 Å². The first kappa shape index (κ1) is 19.2. The molecule has 0 N–H and O–H groups in total. The second kappa shape index (κ2) is 7.71. The van der Waals surface area contributed by atoms with Gasteiger partial charge in [0.05, 0.1) is 22.1 Å². The summed E-state index contributed by atoms with van der Waals surface area (Å²) in [6.45, 7) is 4.68. The largest absolute Gasteiger partial charge is 0.311 e. The smallest absolute Gasteiger partial charge is 0.271 e. The molecule has 4 rings (SSSR count). The van der Waals surface area contributed by atoms with Crippen LogP contribution in [-0.2, 0) is 11.2 Å². The van der Waals surface area contributed by atoms with Crippen molar-refractivity contribution in [2.24, 2.45) is 0 Å². The molecule has 8 heteroatoms. The monoisotopic (exact) mass is 408 g/mol. The Bertz CT molecular complexity index is 1110. The van der Waals surface area contributed by atoms with Crippen LogP contribution in [0.25, 0.3) is 5.69 Å². The van der Waals surface area contributed by atoms with Crippen molar-refractivity contribution in [2.75, 3.05) is 17.2 Å². The van der Waals surface area contributed by atoms with E-state index in [1.165, 1.54) is 35.0 Å². The fourth-order valence-corrected chi connectivity index (χ4v) is 4.36. The van der Waals surface area contributed by atoms with E-state index in [-0.39, 0.29) is 17.3 Å². The fraction of sp³-hybridized carbons (Fsp3) is 0.238. The summed E-state index contributed by atoms with van der Waals surface area (Å²) in [5.74, 6) is 0.133. The first-order chi connectivity index (χ1) is 14.0. The van der Waals surface area contributed by atoms with Gasteiger partial charge in [0.25, 0.3) is 5.69 Å². The maximum absolute atomic E-state index is 12.9. The maximum atomic E-state index is 12.9. The van der Waals surface area contributed by atoms with Crippen molar-refractivity contribution in [1.29, 1.82) is 0 Å². The number of amides is 1. The lowest BCUT2D eigenvalue weighted by Gasteiger charge is -2.17. The van der Waals surface area contributed by atoms with Crippen LogP contribution in [0.1, 0.15) is 16.7 Å². The lowest BCUT2D eigenvalue weighted by Crippen LogP contribution is -2.30. The first-order valence-electron chi connectivity index (χ1n) is 9.26. The Morgan fingerprint density at radius 1 is 1.24 bits per heavy atom. The van der Waals surface area contributed by atoms with Crippen LogP contribution >= 0.6 is 11.8 Å². The summed E-state index contributed by atoms with van der Waals surface area (Å²) < 4.78 is 1.99. The molecule has 1 aliphatic heterocycles. The van der Waals surface area contributed by atoms with Gasteiger partial charge in [0.2, 0.25) is 5.91 Å². The summed E-state index contributed by atoms with van der Waals surface area (Å²) in [6, 6.07) is 10.8. The predicted octanol–water partition coefficient (Wildman–Crippen LogP) is 4.08.